The van der Waals surface area contributed by atoms with Crippen molar-refractivity contribution in [3.05, 3.63) is 83.8 Å². The molecule has 1 unspecified atom stereocenters. The Morgan fingerprint density at radius 3 is 2.71 bits per heavy atom. The molecule has 0 spiro atoms. The number of nitrogens with zero attached hydrogens (tertiary/aromatic N) is 2. The second-order valence-corrected chi connectivity index (χ2v) is 10.2. The van der Waals surface area contributed by atoms with E-state index in [9.17, 15) is 0 Å². The van der Waals surface area contributed by atoms with Crippen LogP contribution < -0.4 is 0 Å². The first-order chi connectivity index (χ1) is 16.9. The van der Waals surface area contributed by atoms with Crippen molar-refractivity contribution in [1.29, 1.82) is 0 Å². The van der Waals surface area contributed by atoms with Crippen LogP contribution in [0.5, 0.6) is 0 Å². The van der Waals surface area contributed by atoms with E-state index in [1.54, 1.807) is 18.1 Å². The fourth-order valence-electron chi connectivity index (χ4n) is 3.84. The van der Waals surface area contributed by atoms with Gasteiger partial charge in [-0.2, -0.15) is 0 Å². The van der Waals surface area contributed by atoms with Gasteiger partial charge in [-0.15, -0.1) is 6.42 Å². The van der Waals surface area contributed by atoms with E-state index in [2.05, 4.69) is 98.7 Å². The molecule has 0 aliphatic rings. The fraction of sp³-hybridized carbons (Fsp3) is 0.290. The number of terminal acetylenes is 1. The Morgan fingerprint density at radius 1 is 1.23 bits per heavy atom. The quantitative estimate of drug-likeness (QED) is 0.232. The van der Waals surface area contributed by atoms with Crippen molar-refractivity contribution in [1.82, 2.24) is 15.0 Å². The van der Waals surface area contributed by atoms with Gasteiger partial charge < -0.3 is 4.98 Å². The van der Waals surface area contributed by atoms with E-state index in [0.29, 0.717) is 5.92 Å². The molecule has 3 rings (SSSR count). The van der Waals surface area contributed by atoms with Crippen LogP contribution in [-0.2, 0) is 0 Å². The van der Waals surface area contributed by atoms with Gasteiger partial charge in [0.2, 0.25) is 0 Å². The molecule has 4 heteroatoms. The SMILES string of the molecule is C#CC(C)/C(=C\C=C/CC)c1nc[nH]c1-c1ccc2ncc(C(=C)S/C(=C\C)CC(C)C)cc2c1. The average Bonchev–Trinajstić information content (AvgIpc) is 3.34. The van der Waals surface area contributed by atoms with Crippen molar-refractivity contribution in [3.8, 4) is 23.6 Å². The molecule has 2 aromatic heterocycles. The second kappa shape index (κ2) is 12.4. The largest absolute Gasteiger partial charge is 0.344 e. The highest BCUT2D eigenvalue weighted by atomic mass is 32.2. The van der Waals surface area contributed by atoms with Gasteiger partial charge in [-0.1, -0.05) is 75.4 Å². The lowest BCUT2D eigenvalue weighted by Gasteiger charge is -2.13. The van der Waals surface area contributed by atoms with Crippen molar-refractivity contribution in [3.63, 3.8) is 0 Å². The summed E-state index contributed by atoms with van der Waals surface area (Å²) in [5.41, 5.74) is 5.89. The van der Waals surface area contributed by atoms with Crippen LogP contribution >= 0.6 is 11.8 Å². The third-order valence-corrected chi connectivity index (χ3v) is 6.90. The minimum Gasteiger partial charge on any atom is -0.344 e. The monoisotopic (exact) mass is 481 g/mol. The summed E-state index contributed by atoms with van der Waals surface area (Å²) >= 11 is 1.74. The highest BCUT2D eigenvalue weighted by Crippen LogP contribution is 2.37. The van der Waals surface area contributed by atoms with Gasteiger partial charge in [0.1, 0.15) is 0 Å². The van der Waals surface area contributed by atoms with Gasteiger partial charge in [0.05, 0.1) is 23.2 Å². The van der Waals surface area contributed by atoms with Gasteiger partial charge in [-0.25, -0.2) is 4.98 Å². The molecule has 2 heterocycles. The lowest BCUT2D eigenvalue weighted by molar-refractivity contribution is 0.658. The summed E-state index contributed by atoms with van der Waals surface area (Å²) < 4.78 is 0. The van der Waals surface area contributed by atoms with E-state index in [-0.39, 0.29) is 5.92 Å². The molecule has 0 saturated carbocycles. The number of allylic oxidation sites excluding steroid dienone is 6. The smallest absolute Gasteiger partial charge is 0.0933 e. The summed E-state index contributed by atoms with van der Waals surface area (Å²) in [6, 6.07) is 8.46. The number of benzene rings is 1. The number of aromatic amines is 1. The predicted octanol–water partition coefficient (Wildman–Crippen LogP) is 8.90. The number of hydrogen-bond donors (Lipinski definition) is 1. The molecule has 0 bridgehead atoms. The maximum atomic E-state index is 5.79. The average molecular weight is 482 g/mol. The fourth-order valence-corrected chi connectivity index (χ4v) is 4.92. The van der Waals surface area contributed by atoms with Gasteiger partial charge in [0.15, 0.2) is 0 Å². The summed E-state index contributed by atoms with van der Waals surface area (Å²) in [4.78, 5) is 15.0. The molecule has 180 valence electrons. The molecule has 0 saturated heterocycles. The molecule has 0 radical (unpaired) electrons. The zero-order chi connectivity index (χ0) is 25.4. The molecule has 0 amide bonds. The molecule has 3 nitrogen and oxygen atoms in total. The van der Waals surface area contributed by atoms with Gasteiger partial charge >= 0.3 is 0 Å². The molecule has 35 heavy (non-hydrogen) atoms. The molecule has 1 aromatic carbocycles. The number of H-pyrrole nitrogens is 1. The number of pyridine rings is 1. The van der Waals surface area contributed by atoms with Crippen molar-refractivity contribution in [2.45, 2.75) is 47.5 Å². The third-order valence-electron chi connectivity index (χ3n) is 5.75. The molecular formula is C31H35N3S. The molecular weight excluding hydrogens is 446 g/mol. The minimum absolute atomic E-state index is 0.0562. The minimum atomic E-state index is -0.0562. The zero-order valence-corrected chi connectivity index (χ0v) is 22.2. The molecule has 0 aliphatic carbocycles. The Labute approximate surface area is 214 Å². The Morgan fingerprint density at radius 2 is 2.03 bits per heavy atom. The topological polar surface area (TPSA) is 41.6 Å². The second-order valence-electron chi connectivity index (χ2n) is 8.98. The summed E-state index contributed by atoms with van der Waals surface area (Å²) in [5, 5.41) is 1.06. The first-order valence-corrected chi connectivity index (χ1v) is 13.0. The van der Waals surface area contributed by atoms with Crippen LogP contribution in [0.2, 0.25) is 0 Å². The highest BCUT2D eigenvalue weighted by molar-refractivity contribution is 8.11. The van der Waals surface area contributed by atoms with Crippen LogP contribution in [-0.4, -0.2) is 15.0 Å². The summed E-state index contributed by atoms with van der Waals surface area (Å²) in [7, 11) is 0. The van der Waals surface area contributed by atoms with Crippen molar-refractivity contribution in [2.75, 3.05) is 0 Å². The lowest BCUT2D eigenvalue weighted by Crippen LogP contribution is -1.98. The molecule has 1 N–H and O–H groups in total. The zero-order valence-electron chi connectivity index (χ0n) is 21.4. The highest BCUT2D eigenvalue weighted by Gasteiger charge is 2.17. The number of fused-ring (bicyclic) bond motifs is 1. The maximum absolute atomic E-state index is 5.79. The van der Waals surface area contributed by atoms with Crippen LogP contribution in [0.25, 0.3) is 32.6 Å². The first kappa shape index (κ1) is 26.3. The Hall–Kier alpha value is -3.29. The first-order valence-electron chi connectivity index (χ1n) is 12.2. The van der Waals surface area contributed by atoms with Gasteiger partial charge in [-0.3, -0.25) is 4.98 Å². The van der Waals surface area contributed by atoms with Crippen LogP contribution in [0.3, 0.4) is 0 Å². The Balaban J connectivity index is 1.98. The van der Waals surface area contributed by atoms with E-state index in [1.807, 2.05) is 13.1 Å². The van der Waals surface area contributed by atoms with E-state index >= 15 is 0 Å². The summed E-state index contributed by atoms with van der Waals surface area (Å²) in [6.45, 7) is 15.0. The number of thioether (sulfide) groups is 1. The van der Waals surface area contributed by atoms with Crippen molar-refractivity contribution < 1.29 is 0 Å². The third kappa shape index (κ3) is 6.65. The normalized spacial score (nSPS) is 13.5. The number of hydrogen-bond acceptors (Lipinski definition) is 3. The summed E-state index contributed by atoms with van der Waals surface area (Å²) in [6.07, 6.45) is 19.9. The van der Waals surface area contributed by atoms with Gasteiger partial charge in [-0.05, 0) is 61.3 Å². The van der Waals surface area contributed by atoms with Crippen molar-refractivity contribution in [2.24, 2.45) is 11.8 Å². The Kier molecular flexibility index (Phi) is 9.34. The number of nitrogens with one attached hydrogen (secondary N) is 1. The standard InChI is InChI=1S/C31H35N3S/c1-8-11-12-13-28(22(6)9-2)31-30(33-20-34-31)24-14-15-29-25(17-24)18-26(19-32-29)23(7)35-27(10-3)16-21(4)5/h2,10-15,17-22H,7-8,16H2,1,3-6H3,(H,33,34)/b12-11-,27-10-,28-13+. The van der Waals surface area contributed by atoms with Crippen molar-refractivity contribution >= 4 is 33.1 Å². The molecule has 3 aromatic rings. The van der Waals surface area contributed by atoms with Crippen LogP contribution in [0, 0.1) is 24.2 Å². The number of rotatable bonds is 10. The van der Waals surface area contributed by atoms with E-state index in [1.165, 1.54) is 4.91 Å². The predicted molar refractivity (Wildman–Crippen MR) is 155 cm³/mol. The lowest BCUT2D eigenvalue weighted by atomic mass is 9.94. The number of aromatic nitrogens is 3. The van der Waals surface area contributed by atoms with Crippen LogP contribution in [0.1, 0.15) is 58.7 Å². The molecule has 0 aliphatic heterocycles. The van der Waals surface area contributed by atoms with Crippen LogP contribution in [0.4, 0.5) is 0 Å². The maximum Gasteiger partial charge on any atom is 0.0933 e. The molecule has 1 atom stereocenters. The summed E-state index contributed by atoms with van der Waals surface area (Å²) in [5.74, 6) is 3.41. The van der Waals surface area contributed by atoms with E-state index in [4.69, 9.17) is 11.4 Å². The van der Waals surface area contributed by atoms with E-state index < -0.39 is 0 Å². The van der Waals surface area contributed by atoms with E-state index in [0.717, 1.165) is 56.7 Å². The Bertz CT molecular complexity index is 1310. The number of imidazole rings is 1. The van der Waals surface area contributed by atoms with Gasteiger partial charge in [0.25, 0.3) is 0 Å². The van der Waals surface area contributed by atoms with Gasteiger partial charge in [0, 0.05) is 33.5 Å². The van der Waals surface area contributed by atoms with Crippen LogP contribution in [0.15, 0.2) is 72.6 Å². The molecule has 0 fully saturated rings.